The van der Waals surface area contributed by atoms with Crippen LogP contribution in [0.5, 0.6) is 5.75 Å². The number of fused-ring (bicyclic) bond motifs is 1. The van der Waals surface area contributed by atoms with Crippen LogP contribution < -0.4 is 15.4 Å². The zero-order chi connectivity index (χ0) is 34.9. The zero-order valence-electron chi connectivity index (χ0n) is 27.0. The Morgan fingerprint density at radius 1 is 1.29 bits per heavy atom. The fourth-order valence-corrected chi connectivity index (χ4v) is 6.44. The van der Waals surface area contributed by atoms with E-state index in [4.69, 9.17) is 25.7 Å². The van der Waals surface area contributed by atoms with Crippen LogP contribution in [0.3, 0.4) is 0 Å². The number of amides is 1. The van der Waals surface area contributed by atoms with Gasteiger partial charge in [-0.15, -0.1) is 11.6 Å². The first-order chi connectivity index (χ1) is 23.5. The number of allylic oxidation sites excluding steroid dienone is 2. The molecule has 3 heterocycles. The van der Waals surface area contributed by atoms with Gasteiger partial charge in [-0.05, 0) is 54.3 Å². The average molecular weight is 685 g/mol. The standard InChI is InChI=1S/C36H34ClFN6O5/c1-20-7-4-5-8-26(20)27-9-6-10-36(32(27)37,43-33(45)29-13-30(48-3)24(16-41-29)15-40-21(2)34(46)47)35-42-28-12-22(17-44-18-25(38)19-44)11-23(14-39)31(28)49-35/h4-13,16,21,25,32,40H,15,17-19H2,1-3H3,(H,43,45)(H,46,47). The van der Waals surface area contributed by atoms with Crippen molar-refractivity contribution in [3.05, 3.63) is 106 Å². The van der Waals surface area contributed by atoms with Gasteiger partial charge in [0.1, 0.15) is 35.2 Å². The van der Waals surface area contributed by atoms with Crippen LogP contribution >= 0.6 is 11.6 Å². The van der Waals surface area contributed by atoms with Crippen molar-refractivity contribution < 1.29 is 28.2 Å². The molecule has 1 aliphatic heterocycles. The van der Waals surface area contributed by atoms with Crippen molar-refractivity contribution in [1.82, 2.24) is 25.5 Å². The Labute approximate surface area is 287 Å². The number of nitrogens with zero attached hydrogens (tertiary/aromatic N) is 4. The summed E-state index contributed by atoms with van der Waals surface area (Å²) in [7, 11) is 1.44. The number of rotatable bonds is 11. The van der Waals surface area contributed by atoms with E-state index in [0.29, 0.717) is 42.0 Å². The number of aromatic nitrogens is 2. The Hall–Kier alpha value is -5.09. The van der Waals surface area contributed by atoms with Crippen LogP contribution in [0.4, 0.5) is 4.39 Å². The molecule has 252 valence electrons. The van der Waals surface area contributed by atoms with Crippen LogP contribution in [0, 0.1) is 18.3 Å². The monoisotopic (exact) mass is 684 g/mol. The predicted octanol–water partition coefficient (Wildman–Crippen LogP) is 5.01. The fraction of sp³-hybridized carbons (Fsp3) is 0.306. The molecule has 6 rings (SSSR count). The van der Waals surface area contributed by atoms with Gasteiger partial charge in [0.15, 0.2) is 11.1 Å². The molecule has 1 saturated heterocycles. The highest BCUT2D eigenvalue weighted by Gasteiger charge is 2.47. The molecule has 2 aromatic heterocycles. The normalized spacial score (nSPS) is 19.9. The van der Waals surface area contributed by atoms with E-state index < -0.39 is 35.0 Å². The van der Waals surface area contributed by atoms with Crippen molar-refractivity contribution in [3.63, 3.8) is 0 Å². The molecule has 1 aliphatic carbocycles. The molecule has 0 radical (unpaired) electrons. The SMILES string of the molecule is COc1cc(C(=O)NC2(c3nc4cc(CN5CC(F)C5)cc(C#N)c4o3)C=CC=C(c3ccccc3C)C2Cl)ncc1CNC(C)C(=O)O. The highest BCUT2D eigenvalue weighted by Crippen LogP contribution is 2.43. The first-order valence-electron chi connectivity index (χ1n) is 15.6. The number of aryl methyl sites for hydroxylation is 1. The van der Waals surface area contributed by atoms with E-state index in [9.17, 15) is 24.3 Å². The number of carboxylic acid groups (broad SMARTS) is 1. The van der Waals surface area contributed by atoms with Gasteiger partial charge in [-0.25, -0.2) is 9.37 Å². The van der Waals surface area contributed by atoms with Gasteiger partial charge in [-0.3, -0.25) is 19.5 Å². The number of ether oxygens (including phenoxy) is 1. The smallest absolute Gasteiger partial charge is 0.320 e. The van der Waals surface area contributed by atoms with Gasteiger partial charge in [-0.2, -0.15) is 5.26 Å². The van der Waals surface area contributed by atoms with Crippen LogP contribution in [0.2, 0.25) is 0 Å². The highest BCUT2D eigenvalue weighted by molar-refractivity contribution is 6.28. The van der Waals surface area contributed by atoms with E-state index in [1.54, 1.807) is 24.3 Å². The number of carbonyl (C=O) groups excluding carboxylic acids is 1. The van der Waals surface area contributed by atoms with Gasteiger partial charge >= 0.3 is 5.97 Å². The Bertz CT molecular complexity index is 2030. The van der Waals surface area contributed by atoms with Crippen LogP contribution in [0.25, 0.3) is 16.7 Å². The Morgan fingerprint density at radius 3 is 2.76 bits per heavy atom. The largest absolute Gasteiger partial charge is 0.496 e. The number of carboxylic acids is 1. The van der Waals surface area contributed by atoms with E-state index >= 15 is 0 Å². The van der Waals surface area contributed by atoms with Gasteiger partial charge < -0.3 is 24.9 Å². The third-order valence-electron chi connectivity index (χ3n) is 8.79. The number of methoxy groups -OCH3 is 1. The second kappa shape index (κ2) is 13.8. The minimum atomic E-state index is -1.54. The lowest BCUT2D eigenvalue weighted by Gasteiger charge is -2.36. The Balaban J connectivity index is 1.40. The summed E-state index contributed by atoms with van der Waals surface area (Å²) in [4.78, 5) is 36.4. The molecule has 2 aromatic carbocycles. The molecule has 11 nitrogen and oxygen atoms in total. The van der Waals surface area contributed by atoms with Crippen molar-refractivity contribution in [1.29, 1.82) is 5.26 Å². The lowest BCUT2D eigenvalue weighted by molar-refractivity contribution is -0.139. The number of nitriles is 1. The molecule has 0 bridgehead atoms. The number of benzene rings is 2. The van der Waals surface area contributed by atoms with Crippen LogP contribution in [0.15, 0.2) is 71.3 Å². The van der Waals surface area contributed by atoms with Gasteiger partial charge in [0.05, 0.1) is 18.1 Å². The first-order valence-corrected chi connectivity index (χ1v) is 16.1. The number of oxazole rings is 1. The molecule has 2 aliphatic rings. The molecular weight excluding hydrogens is 651 g/mol. The summed E-state index contributed by atoms with van der Waals surface area (Å²) in [6.45, 7) is 4.72. The van der Waals surface area contributed by atoms with E-state index in [1.807, 2.05) is 42.2 Å². The van der Waals surface area contributed by atoms with Crippen molar-refractivity contribution >= 4 is 40.2 Å². The number of hydrogen-bond donors (Lipinski definition) is 3. The Morgan fingerprint density at radius 2 is 2.06 bits per heavy atom. The van der Waals surface area contributed by atoms with Crippen LogP contribution in [-0.2, 0) is 23.4 Å². The number of halogens is 2. The highest BCUT2D eigenvalue weighted by atomic mass is 35.5. The first kappa shape index (κ1) is 33.8. The molecule has 49 heavy (non-hydrogen) atoms. The minimum absolute atomic E-state index is 0.00680. The summed E-state index contributed by atoms with van der Waals surface area (Å²) in [5, 5.41) is 24.3. The van der Waals surface area contributed by atoms with Gasteiger partial charge in [0, 0.05) is 44.0 Å². The topological polar surface area (TPSA) is 154 Å². The fourth-order valence-electron chi connectivity index (χ4n) is 6.03. The zero-order valence-corrected chi connectivity index (χ0v) is 27.8. The number of nitrogens with one attached hydrogen (secondary N) is 2. The quantitative estimate of drug-likeness (QED) is 0.184. The maximum atomic E-state index is 14.1. The second-order valence-electron chi connectivity index (χ2n) is 12.2. The molecule has 3 atom stereocenters. The lowest BCUT2D eigenvalue weighted by Crippen LogP contribution is -2.52. The maximum Gasteiger partial charge on any atom is 0.320 e. The molecule has 13 heteroatoms. The van der Waals surface area contributed by atoms with Crippen molar-refractivity contribution in [2.24, 2.45) is 0 Å². The van der Waals surface area contributed by atoms with Crippen LogP contribution in [-0.4, -0.2) is 69.6 Å². The lowest BCUT2D eigenvalue weighted by atomic mass is 9.81. The minimum Gasteiger partial charge on any atom is -0.496 e. The molecule has 0 saturated carbocycles. The molecule has 0 spiro atoms. The Kier molecular flexibility index (Phi) is 9.52. The molecule has 4 aromatic rings. The number of likely N-dealkylation sites (tertiary alicyclic amines) is 1. The van der Waals surface area contributed by atoms with Gasteiger partial charge in [0.2, 0.25) is 5.89 Å². The van der Waals surface area contributed by atoms with E-state index in [2.05, 4.69) is 21.7 Å². The molecular formula is C36H34ClFN6O5. The van der Waals surface area contributed by atoms with Crippen LogP contribution in [0.1, 0.15) is 51.1 Å². The van der Waals surface area contributed by atoms with Crippen molar-refractivity contribution in [2.45, 2.75) is 50.1 Å². The number of alkyl halides is 2. The molecule has 1 fully saturated rings. The summed E-state index contributed by atoms with van der Waals surface area (Å²) < 4.78 is 25.3. The summed E-state index contributed by atoms with van der Waals surface area (Å²) in [5.41, 5.74) is 3.23. The van der Waals surface area contributed by atoms with Crippen molar-refractivity contribution in [2.75, 3.05) is 20.2 Å². The summed E-state index contributed by atoms with van der Waals surface area (Å²) in [6.07, 6.45) is 5.93. The number of aliphatic carboxylic acids is 1. The predicted molar refractivity (Wildman–Crippen MR) is 181 cm³/mol. The summed E-state index contributed by atoms with van der Waals surface area (Å²) in [5.74, 6) is -1.23. The van der Waals surface area contributed by atoms with E-state index in [-0.39, 0.29) is 29.3 Å². The van der Waals surface area contributed by atoms with E-state index in [0.717, 1.165) is 16.7 Å². The van der Waals surface area contributed by atoms with Crippen molar-refractivity contribution in [3.8, 4) is 11.8 Å². The number of carbonyl (C=O) groups is 2. The maximum absolute atomic E-state index is 14.1. The summed E-state index contributed by atoms with van der Waals surface area (Å²) in [6, 6.07) is 14.1. The average Bonchev–Trinajstić information content (AvgIpc) is 3.52. The molecule has 3 unspecified atom stereocenters. The third kappa shape index (κ3) is 6.65. The number of hydrogen-bond acceptors (Lipinski definition) is 9. The number of pyridine rings is 1. The molecule has 1 amide bonds. The summed E-state index contributed by atoms with van der Waals surface area (Å²) >= 11 is 7.36. The van der Waals surface area contributed by atoms with Gasteiger partial charge in [-0.1, -0.05) is 36.4 Å². The van der Waals surface area contributed by atoms with Gasteiger partial charge in [0.25, 0.3) is 5.91 Å². The molecule has 3 N–H and O–H groups in total. The third-order valence-corrected chi connectivity index (χ3v) is 9.37. The second-order valence-corrected chi connectivity index (χ2v) is 12.7. The van der Waals surface area contributed by atoms with E-state index in [1.165, 1.54) is 26.3 Å².